The molecule has 2 heteroatoms. The average Bonchev–Trinajstić information content (AvgIpc) is 3.77. The summed E-state index contributed by atoms with van der Waals surface area (Å²) in [6.07, 6.45) is 13.7. The van der Waals surface area contributed by atoms with Crippen molar-refractivity contribution >= 4 is 39.5 Å². The first-order valence-corrected chi connectivity index (χ1v) is 20.9. The van der Waals surface area contributed by atoms with Crippen LogP contribution in [0, 0.1) is 0 Å². The summed E-state index contributed by atoms with van der Waals surface area (Å²) in [6, 6.07) is 54.1. The molecule has 1 atom stereocenters. The molecule has 7 aromatic rings. The Morgan fingerprint density at radius 1 is 0.610 bits per heavy atom. The minimum absolute atomic E-state index is 0.190. The van der Waals surface area contributed by atoms with E-state index in [1.165, 1.54) is 72.4 Å². The number of hydrogen-bond donors (Lipinski definition) is 0. The van der Waals surface area contributed by atoms with Gasteiger partial charge < -0.3 is 4.57 Å². The largest absolute Gasteiger partial charge is 0.312 e. The standard InChI is InChI=1S/C48H40N2.C9H10/c1-32(34-22-24-37(25-23-34)36-14-6-4-7-15-36)49-33(2)35-26-28-39(29-27-35)50-45-21-13-11-18-40(45)41-30-31-44-46(47(41)50)42-19-10-12-20-43(42)48(44,3)38-16-8-5-9-17-38;1-8(2)9-6-4-3-5-7-9/h4-9,11-12,14-18,20,22-31H,1,10,13,19,21H2,2-3H3;3-7H,1H2,2H3. The topological polar surface area (TPSA) is 17.3 Å². The lowest BCUT2D eigenvalue weighted by Gasteiger charge is -2.30. The van der Waals surface area contributed by atoms with Gasteiger partial charge in [-0.1, -0.05) is 183 Å². The summed E-state index contributed by atoms with van der Waals surface area (Å²) in [7, 11) is 0. The van der Waals surface area contributed by atoms with Crippen molar-refractivity contribution in [1.82, 2.24) is 4.57 Å². The van der Waals surface area contributed by atoms with Crippen LogP contribution in [0.15, 0.2) is 194 Å². The Morgan fingerprint density at radius 3 is 1.90 bits per heavy atom. The monoisotopic (exact) mass is 762 g/mol. The van der Waals surface area contributed by atoms with E-state index in [1.807, 2.05) is 31.2 Å². The predicted octanol–water partition coefficient (Wildman–Crippen LogP) is 14.9. The molecule has 0 fully saturated rings. The molecular weight excluding hydrogens is 713 g/mol. The maximum absolute atomic E-state index is 4.96. The van der Waals surface area contributed by atoms with Gasteiger partial charge in [-0.05, 0) is 109 Å². The van der Waals surface area contributed by atoms with Crippen LogP contribution in [-0.2, 0) is 11.8 Å². The molecule has 1 unspecified atom stereocenters. The van der Waals surface area contributed by atoms with Crippen molar-refractivity contribution in [2.45, 2.75) is 51.9 Å². The van der Waals surface area contributed by atoms with E-state index in [2.05, 4.69) is 183 Å². The van der Waals surface area contributed by atoms with Gasteiger partial charge in [-0.25, -0.2) is 0 Å². The maximum Gasteiger partial charge on any atom is 0.0633 e. The van der Waals surface area contributed by atoms with Crippen LogP contribution < -0.4 is 0 Å². The van der Waals surface area contributed by atoms with Crippen molar-refractivity contribution in [3.8, 4) is 16.8 Å². The summed E-state index contributed by atoms with van der Waals surface area (Å²) in [5, 5.41) is 1.35. The lowest BCUT2D eigenvalue weighted by molar-refractivity contribution is 0.704. The molecule has 0 bridgehead atoms. The zero-order valence-corrected chi connectivity index (χ0v) is 34.4. The van der Waals surface area contributed by atoms with Crippen LogP contribution in [0.2, 0.25) is 0 Å². The van der Waals surface area contributed by atoms with Gasteiger partial charge in [0.1, 0.15) is 0 Å². The van der Waals surface area contributed by atoms with Gasteiger partial charge in [0.2, 0.25) is 0 Å². The number of hydrogen-bond acceptors (Lipinski definition) is 1. The number of benzene rings is 6. The minimum Gasteiger partial charge on any atom is -0.312 e. The molecule has 10 rings (SSSR count). The van der Waals surface area contributed by atoms with Gasteiger partial charge in [0.15, 0.2) is 0 Å². The van der Waals surface area contributed by atoms with Gasteiger partial charge in [-0.15, -0.1) is 0 Å². The van der Waals surface area contributed by atoms with E-state index >= 15 is 0 Å². The summed E-state index contributed by atoms with van der Waals surface area (Å²) >= 11 is 0. The van der Waals surface area contributed by atoms with Gasteiger partial charge in [0, 0.05) is 39.0 Å². The van der Waals surface area contributed by atoms with Crippen molar-refractivity contribution in [2.75, 3.05) is 0 Å². The molecule has 6 aromatic carbocycles. The quantitative estimate of drug-likeness (QED) is 0.144. The van der Waals surface area contributed by atoms with Gasteiger partial charge in [-0.2, -0.15) is 0 Å². The van der Waals surface area contributed by atoms with Crippen LogP contribution in [-0.4, -0.2) is 10.3 Å². The Labute approximate surface area is 349 Å². The molecule has 0 radical (unpaired) electrons. The third kappa shape index (κ3) is 6.89. The second kappa shape index (κ2) is 15.9. The third-order valence-corrected chi connectivity index (χ3v) is 12.4. The zero-order valence-electron chi connectivity index (χ0n) is 34.4. The summed E-state index contributed by atoms with van der Waals surface area (Å²) in [6.45, 7) is 14.7. The second-order valence-electron chi connectivity index (χ2n) is 16.1. The van der Waals surface area contributed by atoms with Gasteiger partial charge in [0.25, 0.3) is 0 Å². The molecule has 3 aliphatic carbocycles. The maximum atomic E-state index is 4.96. The Bertz CT molecular complexity index is 2830. The molecule has 0 saturated carbocycles. The van der Waals surface area contributed by atoms with Crippen LogP contribution in [0.3, 0.4) is 0 Å². The van der Waals surface area contributed by atoms with E-state index in [9.17, 15) is 0 Å². The van der Waals surface area contributed by atoms with E-state index in [-0.39, 0.29) is 5.41 Å². The molecular formula is C57H50N2. The summed E-state index contributed by atoms with van der Waals surface area (Å²) in [5.41, 5.74) is 20.9. The Hall–Kier alpha value is -6.77. The van der Waals surface area contributed by atoms with E-state index < -0.39 is 0 Å². The Morgan fingerprint density at radius 2 is 1.22 bits per heavy atom. The molecule has 0 amide bonds. The second-order valence-corrected chi connectivity index (χ2v) is 16.1. The molecule has 0 aliphatic heterocycles. The molecule has 1 heterocycles. The highest BCUT2D eigenvalue weighted by atomic mass is 15.0. The molecule has 0 saturated heterocycles. The van der Waals surface area contributed by atoms with Crippen LogP contribution >= 0.6 is 0 Å². The highest BCUT2D eigenvalue weighted by Gasteiger charge is 2.44. The van der Waals surface area contributed by atoms with Gasteiger partial charge in [-0.3, -0.25) is 4.99 Å². The van der Waals surface area contributed by atoms with E-state index in [1.54, 1.807) is 0 Å². The highest BCUT2D eigenvalue weighted by Crippen LogP contribution is 2.56. The molecule has 3 aliphatic rings. The first-order valence-electron chi connectivity index (χ1n) is 20.9. The number of fused-ring (bicyclic) bond motifs is 6. The number of nitrogens with zero attached hydrogens (tertiary/aromatic N) is 2. The predicted molar refractivity (Wildman–Crippen MR) is 253 cm³/mol. The fourth-order valence-electron chi connectivity index (χ4n) is 9.32. The van der Waals surface area contributed by atoms with Gasteiger partial charge >= 0.3 is 0 Å². The van der Waals surface area contributed by atoms with E-state index in [4.69, 9.17) is 4.99 Å². The van der Waals surface area contributed by atoms with Gasteiger partial charge in [0.05, 0.1) is 11.2 Å². The van der Waals surface area contributed by atoms with E-state index in [0.717, 1.165) is 53.8 Å². The fourth-order valence-corrected chi connectivity index (χ4v) is 9.32. The highest BCUT2D eigenvalue weighted by molar-refractivity contribution is 6.05. The van der Waals surface area contributed by atoms with Crippen molar-refractivity contribution in [1.29, 1.82) is 0 Å². The van der Waals surface area contributed by atoms with Crippen molar-refractivity contribution < 1.29 is 0 Å². The average molecular weight is 763 g/mol. The van der Waals surface area contributed by atoms with Crippen LogP contribution in [0.5, 0.6) is 0 Å². The molecule has 0 spiro atoms. The lowest BCUT2D eigenvalue weighted by atomic mass is 9.72. The van der Waals surface area contributed by atoms with Crippen molar-refractivity contribution in [3.63, 3.8) is 0 Å². The summed E-state index contributed by atoms with van der Waals surface area (Å²) in [5.74, 6) is 0. The van der Waals surface area contributed by atoms with Crippen LogP contribution in [0.1, 0.15) is 84.7 Å². The van der Waals surface area contributed by atoms with E-state index in [0.29, 0.717) is 0 Å². The zero-order chi connectivity index (χ0) is 40.5. The summed E-state index contributed by atoms with van der Waals surface area (Å²) in [4.78, 5) is 4.96. The fraction of sp³-hybridized carbons (Fsp3) is 0.140. The molecule has 0 N–H and O–H groups in total. The van der Waals surface area contributed by atoms with Crippen LogP contribution in [0.25, 0.3) is 50.6 Å². The minimum atomic E-state index is -0.190. The molecule has 2 nitrogen and oxygen atoms in total. The molecule has 288 valence electrons. The third-order valence-electron chi connectivity index (χ3n) is 12.4. The number of allylic oxidation sites excluding steroid dienone is 6. The number of aromatic nitrogens is 1. The summed E-state index contributed by atoms with van der Waals surface area (Å²) < 4.78 is 2.58. The first-order chi connectivity index (χ1) is 28.8. The van der Waals surface area contributed by atoms with Crippen molar-refractivity contribution in [2.24, 2.45) is 4.99 Å². The van der Waals surface area contributed by atoms with Crippen molar-refractivity contribution in [3.05, 3.63) is 233 Å². The lowest BCUT2D eigenvalue weighted by Crippen LogP contribution is -2.23. The molecule has 59 heavy (non-hydrogen) atoms. The normalized spacial score (nSPS) is 16.6. The number of rotatable bonds is 7. The first kappa shape index (κ1) is 37.8. The SMILES string of the molecule is C=C(C)c1ccccc1.C=C(N=C(C)c1ccc(-n2c3c(c4ccc5c(c42)C2=C(C=CCC2)C5(C)c2ccccc2)C=CCC3)cc1)c1ccc(-c2ccccc2)cc1. The Balaban J connectivity index is 0.000000444. The molecule has 1 aromatic heterocycles. The number of aliphatic imine (C=N–C) groups is 1. The van der Waals surface area contributed by atoms with Crippen LogP contribution in [0.4, 0.5) is 0 Å². The Kier molecular flexibility index (Phi) is 10.2. The smallest absolute Gasteiger partial charge is 0.0633 e.